The van der Waals surface area contributed by atoms with Crippen molar-refractivity contribution in [1.82, 2.24) is 19.1 Å². The Labute approximate surface area is 310 Å². The van der Waals surface area contributed by atoms with Crippen molar-refractivity contribution in [3.63, 3.8) is 0 Å². The minimum atomic E-state index is 0.798. The van der Waals surface area contributed by atoms with Gasteiger partial charge < -0.3 is 9.13 Å². The SMILES string of the molecule is c1ccc(-n2c3ccccc3c3cc(C4=Nc5ccncc5C(c5ccc6c(c5)c5ccccc5n6-c5ccccc5)=Nc5ccncc54)ccc32)cc1. The van der Waals surface area contributed by atoms with Gasteiger partial charge in [0.1, 0.15) is 0 Å². The molecule has 0 aliphatic carbocycles. The molecule has 252 valence electrons. The lowest BCUT2D eigenvalue weighted by atomic mass is 9.96. The maximum atomic E-state index is 5.44. The fourth-order valence-electron chi connectivity index (χ4n) is 8.09. The van der Waals surface area contributed by atoms with E-state index in [1.54, 1.807) is 12.4 Å². The molecular weight excluding hydrogens is 661 g/mol. The quantitative estimate of drug-likeness (QED) is 0.185. The summed E-state index contributed by atoms with van der Waals surface area (Å²) < 4.78 is 4.66. The van der Waals surface area contributed by atoms with E-state index in [1.807, 2.05) is 24.5 Å². The summed E-state index contributed by atoms with van der Waals surface area (Å²) in [6, 6.07) is 55.4. The summed E-state index contributed by atoms with van der Waals surface area (Å²) in [5, 5.41) is 4.68. The van der Waals surface area contributed by atoms with Crippen LogP contribution in [0.4, 0.5) is 11.4 Å². The Morgan fingerprint density at radius 2 is 0.759 bits per heavy atom. The van der Waals surface area contributed by atoms with E-state index < -0.39 is 0 Å². The summed E-state index contributed by atoms with van der Waals surface area (Å²) in [5.74, 6) is 0. The molecule has 1 aliphatic rings. The molecular formula is C48H30N6. The molecule has 6 aromatic carbocycles. The first kappa shape index (κ1) is 30.2. The molecule has 0 saturated carbocycles. The lowest BCUT2D eigenvalue weighted by Crippen LogP contribution is -2.11. The summed E-state index contributed by atoms with van der Waals surface area (Å²) in [7, 11) is 0. The Hall–Kier alpha value is -7.44. The zero-order valence-electron chi connectivity index (χ0n) is 29.0. The van der Waals surface area contributed by atoms with Crippen LogP contribution in [-0.4, -0.2) is 30.5 Å². The number of para-hydroxylation sites is 4. The van der Waals surface area contributed by atoms with E-state index in [0.717, 1.165) is 89.3 Å². The van der Waals surface area contributed by atoms with Crippen molar-refractivity contribution in [1.29, 1.82) is 0 Å². The van der Waals surface area contributed by atoms with E-state index in [4.69, 9.17) is 9.98 Å². The van der Waals surface area contributed by atoms with Gasteiger partial charge in [-0.25, -0.2) is 9.98 Å². The first-order chi connectivity index (χ1) is 26.8. The fourth-order valence-corrected chi connectivity index (χ4v) is 8.09. The highest BCUT2D eigenvalue weighted by Crippen LogP contribution is 2.38. The van der Waals surface area contributed by atoms with Crippen LogP contribution in [0, 0.1) is 0 Å². The molecule has 6 nitrogen and oxygen atoms in total. The van der Waals surface area contributed by atoms with Crippen molar-refractivity contribution in [3.8, 4) is 11.4 Å². The summed E-state index contributed by atoms with van der Waals surface area (Å²) in [6.07, 6.45) is 7.37. The normalized spacial score (nSPS) is 12.7. The summed E-state index contributed by atoms with van der Waals surface area (Å²) in [6.45, 7) is 0. The molecule has 0 bridgehead atoms. The third-order valence-electron chi connectivity index (χ3n) is 10.5. The maximum Gasteiger partial charge on any atom is 0.0819 e. The van der Waals surface area contributed by atoms with Crippen molar-refractivity contribution in [3.05, 3.63) is 205 Å². The van der Waals surface area contributed by atoms with Crippen molar-refractivity contribution < 1.29 is 0 Å². The fraction of sp³-hybridized carbons (Fsp3) is 0. The second-order valence-electron chi connectivity index (χ2n) is 13.5. The zero-order valence-corrected chi connectivity index (χ0v) is 29.0. The number of hydrogen-bond acceptors (Lipinski definition) is 4. The number of aromatic nitrogens is 4. The second kappa shape index (κ2) is 12.1. The first-order valence-corrected chi connectivity index (χ1v) is 18.0. The van der Waals surface area contributed by atoms with E-state index >= 15 is 0 Å². The van der Waals surface area contributed by atoms with E-state index in [-0.39, 0.29) is 0 Å². The Kier molecular flexibility index (Phi) is 6.75. The van der Waals surface area contributed by atoms with Gasteiger partial charge >= 0.3 is 0 Å². The van der Waals surface area contributed by atoms with Crippen LogP contribution >= 0.6 is 0 Å². The summed E-state index contributed by atoms with van der Waals surface area (Å²) in [4.78, 5) is 20.1. The van der Waals surface area contributed by atoms with Crippen molar-refractivity contribution in [2.45, 2.75) is 0 Å². The third kappa shape index (κ3) is 4.67. The van der Waals surface area contributed by atoms with Gasteiger partial charge in [0.05, 0.1) is 44.9 Å². The summed E-state index contributed by atoms with van der Waals surface area (Å²) >= 11 is 0. The number of hydrogen-bond donors (Lipinski definition) is 0. The van der Waals surface area contributed by atoms with Crippen molar-refractivity contribution in [2.75, 3.05) is 0 Å². The van der Waals surface area contributed by atoms with Crippen LogP contribution < -0.4 is 0 Å². The van der Waals surface area contributed by atoms with Gasteiger partial charge in [0.25, 0.3) is 0 Å². The molecule has 0 fully saturated rings. The molecule has 0 spiro atoms. The van der Waals surface area contributed by atoms with E-state index in [9.17, 15) is 0 Å². The van der Waals surface area contributed by atoms with Gasteiger partial charge in [-0.15, -0.1) is 0 Å². The van der Waals surface area contributed by atoms with Crippen LogP contribution in [0.3, 0.4) is 0 Å². The molecule has 5 heterocycles. The largest absolute Gasteiger partial charge is 0.309 e. The van der Waals surface area contributed by atoms with Crippen LogP contribution in [0.2, 0.25) is 0 Å². The minimum Gasteiger partial charge on any atom is -0.309 e. The van der Waals surface area contributed by atoms with Crippen LogP contribution in [-0.2, 0) is 0 Å². The van der Waals surface area contributed by atoms with Crippen LogP contribution in [0.15, 0.2) is 192 Å². The number of nitrogens with zero attached hydrogens (tertiary/aromatic N) is 6. The van der Waals surface area contributed by atoms with Gasteiger partial charge in [-0.3, -0.25) is 9.97 Å². The number of pyridine rings is 2. The van der Waals surface area contributed by atoms with Gasteiger partial charge in [0, 0.05) is 80.0 Å². The lowest BCUT2D eigenvalue weighted by molar-refractivity contribution is 1.18. The zero-order chi connectivity index (χ0) is 35.6. The number of fused-ring (bicyclic) bond motifs is 8. The maximum absolute atomic E-state index is 5.44. The molecule has 0 N–H and O–H groups in total. The minimum absolute atomic E-state index is 0.798. The molecule has 0 saturated heterocycles. The predicted molar refractivity (Wildman–Crippen MR) is 221 cm³/mol. The second-order valence-corrected chi connectivity index (χ2v) is 13.5. The Bertz CT molecular complexity index is 2940. The van der Waals surface area contributed by atoms with Gasteiger partial charge in [0.15, 0.2) is 0 Å². The Morgan fingerprint density at radius 1 is 0.352 bits per heavy atom. The molecule has 1 aliphatic heterocycles. The topological polar surface area (TPSA) is 60.4 Å². The molecule has 0 amide bonds. The highest BCUT2D eigenvalue weighted by Gasteiger charge is 2.23. The average Bonchev–Trinajstić information content (AvgIpc) is 3.74. The van der Waals surface area contributed by atoms with E-state index in [2.05, 4.69) is 165 Å². The van der Waals surface area contributed by atoms with Gasteiger partial charge in [-0.2, -0.15) is 0 Å². The smallest absolute Gasteiger partial charge is 0.0819 e. The monoisotopic (exact) mass is 690 g/mol. The summed E-state index contributed by atoms with van der Waals surface area (Å²) in [5.41, 5.74) is 13.8. The van der Waals surface area contributed by atoms with E-state index in [0.29, 0.717) is 0 Å². The average molecular weight is 691 g/mol. The van der Waals surface area contributed by atoms with Gasteiger partial charge in [0.2, 0.25) is 0 Å². The predicted octanol–water partition coefficient (Wildman–Crippen LogP) is 11.3. The third-order valence-corrected chi connectivity index (χ3v) is 10.5. The highest BCUT2D eigenvalue weighted by molar-refractivity contribution is 6.24. The van der Waals surface area contributed by atoms with E-state index in [1.165, 1.54) is 10.8 Å². The number of rotatable bonds is 4. The molecule has 0 radical (unpaired) electrons. The Morgan fingerprint density at radius 3 is 1.22 bits per heavy atom. The highest BCUT2D eigenvalue weighted by atomic mass is 15.0. The first-order valence-electron chi connectivity index (χ1n) is 18.0. The van der Waals surface area contributed by atoms with Crippen LogP contribution in [0.25, 0.3) is 55.0 Å². The van der Waals surface area contributed by atoms with Gasteiger partial charge in [-0.1, -0.05) is 84.9 Å². The molecule has 0 atom stereocenters. The molecule has 10 aromatic rings. The molecule has 11 rings (SSSR count). The molecule has 6 heteroatoms. The molecule has 4 aromatic heterocycles. The molecule has 54 heavy (non-hydrogen) atoms. The number of aliphatic imine (C=N–C) groups is 2. The van der Waals surface area contributed by atoms with Crippen molar-refractivity contribution in [2.24, 2.45) is 9.98 Å². The Balaban J connectivity index is 1.11. The van der Waals surface area contributed by atoms with Crippen LogP contribution in [0.5, 0.6) is 0 Å². The van der Waals surface area contributed by atoms with Crippen LogP contribution in [0.1, 0.15) is 22.3 Å². The van der Waals surface area contributed by atoms with Crippen molar-refractivity contribution >= 4 is 66.4 Å². The lowest BCUT2D eigenvalue weighted by Gasteiger charge is -2.18. The molecule has 0 unspecified atom stereocenters. The number of benzene rings is 6. The standard InChI is InChI=1S/C48H30N6/c1-3-11-33(12-4-1)53-43-17-9-7-15-35(43)37-27-31(19-21-45(37)53)47-39-29-49-25-23-41(39)52-48(40-30-50-26-24-42(40)51-47)32-20-22-46-38(28-32)36-16-8-10-18-44(36)54(46)34-13-5-2-6-14-34/h1-30H. The van der Waals surface area contributed by atoms with Gasteiger partial charge in [-0.05, 0) is 72.8 Å².